The van der Waals surface area contributed by atoms with E-state index in [9.17, 15) is 28.1 Å². The standard InChI is InChI=1S/C24H21F3N2O3S/c1-3-16-8-10-17(11-9-16)15-28(2)23(30)19-6-4-5-7-21(19)33-22-13-12-18(24(25,26)27)14-20(22)29(31)32/h4-14H,3,15H2,1-2H3. The average molecular weight is 475 g/mol. The van der Waals surface area contributed by atoms with E-state index in [-0.39, 0.29) is 10.8 Å². The molecule has 0 aliphatic carbocycles. The highest BCUT2D eigenvalue weighted by Crippen LogP contribution is 2.40. The number of carbonyl (C=O) groups is 1. The highest BCUT2D eigenvalue weighted by atomic mass is 32.2. The molecule has 0 fully saturated rings. The molecule has 0 unspecified atom stereocenters. The molecule has 33 heavy (non-hydrogen) atoms. The van der Waals surface area contributed by atoms with Crippen LogP contribution in [0.2, 0.25) is 0 Å². The van der Waals surface area contributed by atoms with Crippen molar-refractivity contribution in [1.82, 2.24) is 4.90 Å². The van der Waals surface area contributed by atoms with Gasteiger partial charge in [0.15, 0.2) is 0 Å². The Labute approximate surface area is 193 Å². The Kier molecular flexibility index (Phi) is 7.43. The molecule has 0 saturated heterocycles. The first-order chi connectivity index (χ1) is 15.6. The number of aryl methyl sites for hydroxylation is 1. The van der Waals surface area contributed by atoms with Gasteiger partial charge in [-0.3, -0.25) is 14.9 Å². The Morgan fingerprint density at radius 3 is 2.24 bits per heavy atom. The van der Waals surface area contributed by atoms with Gasteiger partial charge in [0.25, 0.3) is 11.6 Å². The number of amides is 1. The Hall–Kier alpha value is -3.33. The van der Waals surface area contributed by atoms with Gasteiger partial charge in [-0.05, 0) is 41.8 Å². The van der Waals surface area contributed by atoms with Gasteiger partial charge < -0.3 is 4.90 Å². The van der Waals surface area contributed by atoms with E-state index < -0.39 is 22.4 Å². The molecule has 9 heteroatoms. The van der Waals surface area contributed by atoms with Crippen LogP contribution in [-0.2, 0) is 19.1 Å². The van der Waals surface area contributed by atoms with Crippen molar-refractivity contribution in [2.75, 3.05) is 7.05 Å². The van der Waals surface area contributed by atoms with Gasteiger partial charge in [-0.25, -0.2) is 0 Å². The highest BCUT2D eigenvalue weighted by Gasteiger charge is 2.33. The number of rotatable bonds is 7. The lowest BCUT2D eigenvalue weighted by atomic mass is 10.1. The Morgan fingerprint density at radius 1 is 1.00 bits per heavy atom. The summed E-state index contributed by atoms with van der Waals surface area (Å²) in [5, 5.41) is 11.4. The van der Waals surface area contributed by atoms with Crippen LogP contribution in [0.15, 0.2) is 76.5 Å². The summed E-state index contributed by atoms with van der Waals surface area (Å²) in [6.45, 7) is 2.42. The van der Waals surface area contributed by atoms with Crippen molar-refractivity contribution >= 4 is 23.4 Å². The van der Waals surface area contributed by atoms with Crippen molar-refractivity contribution < 1.29 is 22.9 Å². The summed E-state index contributed by atoms with van der Waals surface area (Å²) in [6, 6.07) is 16.8. The summed E-state index contributed by atoms with van der Waals surface area (Å²) in [5.41, 5.74) is 0.682. The summed E-state index contributed by atoms with van der Waals surface area (Å²) in [7, 11) is 1.65. The molecule has 0 bridgehead atoms. The number of benzene rings is 3. The van der Waals surface area contributed by atoms with Gasteiger partial charge >= 0.3 is 6.18 Å². The van der Waals surface area contributed by atoms with Gasteiger partial charge in [-0.15, -0.1) is 0 Å². The van der Waals surface area contributed by atoms with Crippen LogP contribution in [0.25, 0.3) is 0 Å². The van der Waals surface area contributed by atoms with Crippen molar-refractivity contribution in [3.05, 3.63) is 99.1 Å². The van der Waals surface area contributed by atoms with E-state index in [1.54, 1.807) is 31.3 Å². The van der Waals surface area contributed by atoms with Crippen LogP contribution < -0.4 is 0 Å². The van der Waals surface area contributed by atoms with Crippen molar-refractivity contribution in [2.24, 2.45) is 0 Å². The number of carbonyl (C=O) groups excluding carboxylic acids is 1. The van der Waals surface area contributed by atoms with E-state index in [1.807, 2.05) is 24.3 Å². The second kappa shape index (κ2) is 10.1. The molecular weight excluding hydrogens is 453 g/mol. The average Bonchev–Trinajstić information content (AvgIpc) is 2.78. The molecule has 1 amide bonds. The van der Waals surface area contributed by atoms with E-state index in [0.717, 1.165) is 35.9 Å². The zero-order valence-corrected chi connectivity index (χ0v) is 18.7. The van der Waals surface area contributed by atoms with Crippen LogP contribution in [0.4, 0.5) is 18.9 Å². The highest BCUT2D eigenvalue weighted by molar-refractivity contribution is 7.99. The largest absolute Gasteiger partial charge is 0.416 e. The molecule has 0 aromatic heterocycles. The maximum absolute atomic E-state index is 13.1. The van der Waals surface area contributed by atoms with Gasteiger partial charge in [0.1, 0.15) is 0 Å². The fourth-order valence-electron chi connectivity index (χ4n) is 3.21. The smallest absolute Gasteiger partial charge is 0.337 e. The van der Waals surface area contributed by atoms with Crippen molar-refractivity contribution in [1.29, 1.82) is 0 Å². The molecule has 0 N–H and O–H groups in total. The van der Waals surface area contributed by atoms with Crippen molar-refractivity contribution in [2.45, 2.75) is 35.9 Å². The predicted octanol–water partition coefficient (Wildman–Crippen LogP) is 6.60. The number of nitro benzene ring substituents is 1. The molecular formula is C24H21F3N2O3S. The van der Waals surface area contributed by atoms with Crippen LogP contribution >= 0.6 is 11.8 Å². The number of nitro groups is 1. The van der Waals surface area contributed by atoms with Gasteiger partial charge in [0.2, 0.25) is 0 Å². The van der Waals surface area contributed by atoms with Crippen LogP contribution in [0.1, 0.15) is 34.0 Å². The van der Waals surface area contributed by atoms with Crippen LogP contribution in [-0.4, -0.2) is 22.8 Å². The summed E-state index contributed by atoms with van der Waals surface area (Å²) in [5.74, 6) is -0.299. The SMILES string of the molecule is CCc1ccc(CN(C)C(=O)c2ccccc2Sc2ccc(C(F)(F)F)cc2[N+](=O)[O-])cc1. The van der Waals surface area contributed by atoms with Crippen LogP contribution in [0.3, 0.4) is 0 Å². The molecule has 172 valence electrons. The van der Waals surface area contributed by atoms with Gasteiger partial charge in [-0.2, -0.15) is 13.2 Å². The first-order valence-corrected chi connectivity index (χ1v) is 10.9. The van der Waals surface area contributed by atoms with E-state index in [0.29, 0.717) is 23.1 Å². The minimum atomic E-state index is -4.69. The fraction of sp³-hybridized carbons (Fsp3) is 0.208. The summed E-state index contributed by atoms with van der Waals surface area (Å²) >= 11 is 0.889. The zero-order chi connectivity index (χ0) is 24.2. The lowest BCUT2D eigenvalue weighted by molar-refractivity contribution is -0.388. The summed E-state index contributed by atoms with van der Waals surface area (Å²) in [4.78, 5) is 25.6. The second-order valence-electron chi connectivity index (χ2n) is 7.37. The molecule has 0 radical (unpaired) electrons. The monoisotopic (exact) mass is 474 g/mol. The van der Waals surface area contributed by atoms with Gasteiger partial charge in [-0.1, -0.05) is 55.1 Å². The fourth-order valence-corrected chi connectivity index (χ4v) is 4.23. The van der Waals surface area contributed by atoms with Crippen LogP contribution in [0.5, 0.6) is 0 Å². The third-order valence-corrected chi connectivity index (χ3v) is 6.16. The van der Waals surface area contributed by atoms with Crippen molar-refractivity contribution in [3.8, 4) is 0 Å². The van der Waals surface area contributed by atoms with E-state index in [1.165, 1.54) is 10.5 Å². The lowest BCUT2D eigenvalue weighted by Crippen LogP contribution is -2.26. The zero-order valence-electron chi connectivity index (χ0n) is 17.9. The van der Waals surface area contributed by atoms with Crippen LogP contribution in [0, 0.1) is 10.1 Å². The molecule has 3 aromatic carbocycles. The third kappa shape index (κ3) is 5.92. The summed E-state index contributed by atoms with van der Waals surface area (Å²) in [6.07, 6.45) is -3.78. The Morgan fingerprint density at radius 2 is 1.64 bits per heavy atom. The minimum Gasteiger partial charge on any atom is -0.337 e. The first kappa shape index (κ1) is 24.3. The number of hydrogen-bond donors (Lipinski definition) is 0. The molecule has 0 aliphatic rings. The number of halogens is 3. The Balaban J connectivity index is 1.87. The third-order valence-electron chi connectivity index (χ3n) is 5.02. The number of nitrogens with zero attached hydrogens (tertiary/aromatic N) is 2. The van der Waals surface area contributed by atoms with Gasteiger partial charge in [0, 0.05) is 24.6 Å². The molecule has 0 spiro atoms. The maximum atomic E-state index is 13.1. The molecule has 5 nitrogen and oxygen atoms in total. The van der Waals surface area contributed by atoms with Gasteiger partial charge in [0.05, 0.1) is 20.9 Å². The molecule has 3 aromatic rings. The minimum absolute atomic E-state index is 0.0195. The number of hydrogen-bond acceptors (Lipinski definition) is 4. The quantitative estimate of drug-likeness (QED) is 0.286. The normalized spacial score (nSPS) is 11.3. The second-order valence-corrected chi connectivity index (χ2v) is 8.45. The van der Waals surface area contributed by atoms with E-state index in [2.05, 4.69) is 6.92 Å². The van der Waals surface area contributed by atoms with Crippen molar-refractivity contribution in [3.63, 3.8) is 0 Å². The summed E-state index contributed by atoms with van der Waals surface area (Å²) < 4.78 is 39.0. The first-order valence-electron chi connectivity index (χ1n) is 10.1. The maximum Gasteiger partial charge on any atom is 0.416 e. The topological polar surface area (TPSA) is 63.5 Å². The Bertz CT molecular complexity index is 1160. The molecule has 0 saturated carbocycles. The molecule has 0 aliphatic heterocycles. The molecule has 0 atom stereocenters. The molecule has 3 rings (SSSR count). The molecule has 0 heterocycles. The lowest BCUT2D eigenvalue weighted by Gasteiger charge is -2.19. The van der Waals surface area contributed by atoms with E-state index in [4.69, 9.17) is 0 Å². The van der Waals surface area contributed by atoms with E-state index >= 15 is 0 Å². The predicted molar refractivity (Wildman–Crippen MR) is 120 cm³/mol. The number of alkyl halides is 3.